The summed E-state index contributed by atoms with van der Waals surface area (Å²) in [5, 5.41) is 21.2. The lowest BCUT2D eigenvalue weighted by molar-refractivity contribution is -0.148. The molecular weight excluding hydrogens is 511 g/mol. The second-order valence-electron chi connectivity index (χ2n) is 9.02. The first-order chi connectivity index (χ1) is 16.3. The van der Waals surface area contributed by atoms with Gasteiger partial charge in [-0.2, -0.15) is 0 Å². The van der Waals surface area contributed by atoms with E-state index in [4.69, 9.17) is 11.6 Å². The normalized spacial score (nSPS) is 25.9. The Hall–Kier alpha value is -2.63. The van der Waals surface area contributed by atoms with Gasteiger partial charge in [0.05, 0.1) is 27.2 Å². The number of carboxylic acids is 1. The molecule has 2 aliphatic carbocycles. The molecule has 0 spiro atoms. The number of carbonyl (C=O) groups is 2. The van der Waals surface area contributed by atoms with Gasteiger partial charge in [-0.25, -0.2) is 21.6 Å². The Morgan fingerprint density at radius 3 is 2.17 bits per heavy atom. The maximum atomic E-state index is 13.5. The molecule has 2 unspecified atom stereocenters. The van der Waals surface area contributed by atoms with E-state index in [9.17, 15) is 41.4 Å². The first-order valence-electron chi connectivity index (χ1n) is 10.8. The van der Waals surface area contributed by atoms with Gasteiger partial charge in [0.15, 0.2) is 27.3 Å². The highest BCUT2D eigenvalue weighted by atomic mass is 35.5. The Bertz CT molecular complexity index is 1280. The van der Waals surface area contributed by atoms with Crippen molar-refractivity contribution in [3.05, 3.63) is 58.4 Å². The highest BCUT2D eigenvalue weighted by Crippen LogP contribution is 2.53. The maximum Gasteiger partial charge on any atom is 0.306 e. The van der Waals surface area contributed by atoms with Crippen LogP contribution in [-0.2, 0) is 14.6 Å². The van der Waals surface area contributed by atoms with E-state index in [2.05, 4.69) is 5.32 Å². The minimum Gasteiger partial charge on any atom is -0.481 e. The number of fused-ring (bicyclic) bond motifs is 2. The molecule has 35 heavy (non-hydrogen) atoms. The van der Waals surface area contributed by atoms with E-state index in [0.29, 0.717) is 25.0 Å². The smallest absolute Gasteiger partial charge is 0.306 e. The van der Waals surface area contributed by atoms with Crippen LogP contribution < -0.4 is 5.32 Å². The Balaban J connectivity index is 1.59. The molecule has 0 radical (unpaired) electrons. The lowest BCUT2D eigenvalue weighted by Crippen LogP contribution is -2.49. The molecule has 2 aromatic rings. The lowest BCUT2D eigenvalue weighted by Gasteiger charge is -2.41. The van der Waals surface area contributed by atoms with E-state index < -0.39 is 68.3 Å². The first kappa shape index (κ1) is 25.5. The predicted octanol–water partition coefficient (Wildman–Crippen LogP) is 4.18. The number of aliphatic carboxylic acids is 1. The van der Waals surface area contributed by atoms with Gasteiger partial charge < -0.3 is 15.5 Å². The van der Waals surface area contributed by atoms with Crippen LogP contribution in [0, 0.1) is 29.3 Å². The molecule has 0 aromatic heterocycles. The SMILES string of the molecule is O=C(O)CC1(O)C2CCC1CC(S(=O)(=O)c1cc(C(=O)Nc3cc(F)c(F)c(F)c3)ccc1Cl)C2. The molecule has 2 bridgehead atoms. The minimum absolute atomic E-state index is 0.0451. The van der Waals surface area contributed by atoms with Gasteiger partial charge in [0.25, 0.3) is 5.91 Å². The molecule has 2 aliphatic rings. The van der Waals surface area contributed by atoms with Crippen LogP contribution in [0.1, 0.15) is 42.5 Å². The standard InChI is InChI=1S/C23H21ClF3NO6S/c24-16-4-1-11(22(31)28-14-8-17(25)21(27)18(26)9-14)5-19(16)35(33,34)15-6-12-2-3-13(7-15)23(12,32)10-20(29)30/h1,4-5,8-9,12-13,15,32H,2-3,6-7,10H2,(H,28,31)(H,29,30). The number of hydrogen-bond acceptors (Lipinski definition) is 5. The topological polar surface area (TPSA) is 121 Å². The molecule has 0 aliphatic heterocycles. The number of anilines is 1. The van der Waals surface area contributed by atoms with Crippen molar-refractivity contribution in [2.75, 3.05) is 5.32 Å². The number of halogens is 4. The number of nitrogens with one attached hydrogen (secondary N) is 1. The summed E-state index contributed by atoms with van der Waals surface area (Å²) in [7, 11) is -4.09. The number of carbonyl (C=O) groups excluding carboxylic acids is 1. The van der Waals surface area contributed by atoms with Gasteiger partial charge in [0, 0.05) is 23.4 Å². The van der Waals surface area contributed by atoms with Gasteiger partial charge in [-0.15, -0.1) is 0 Å². The van der Waals surface area contributed by atoms with E-state index in [1.54, 1.807) is 0 Å². The van der Waals surface area contributed by atoms with Crippen molar-refractivity contribution in [1.82, 2.24) is 0 Å². The summed E-state index contributed by atoms with van der Waals surface area (Å²) in [6, 6.07) is 4.64. The third kappa shape index (κ3) is 4.64. The van der Waals surface area contributed by atoms with Crippen molar-refractivity contribution in [2.45, 2.75) is 47.9 Å². The zero-order chi connectivity index (χ0) is 25.7. The second-order valence-corrected chi connectivity index (χ2v) is 11.6. The summed E-state index contributed by atoms with van der Waals surface area (Å²) in [5.41, 5.74) is -2.00. The maximum absolute atomic E-state index is 13.5. The fraction of sp³-hybridized carbons (Fsp3) is 0.391. The molecule has 0 saturated heterocycles. The van der Waals surface area contributed by atoms with Crippen LogP contribution in [-0.4, -0.2) is 41.4 Å². The number of benzene rings is 2. The van der Waals surface area contributed by atoms with Crippen LogP contribution in [0.5, 0.6) is 0 Å². The number of carboxylic acid groups (broad SMARTS) is 1. The second kappa shape index (κ2) is 9.11. The number of sulfone groups is 1. The molecule has 1 amide bonds. The molecule has 2 aromatic carbocycles. The van der Waals surface area contributed by atoms with Crippen LogP contribution in [0.15, 0.2) is 35.2 Å². The van der Waals surface area contributed by atoms with Gasteiger partial charge >= 0.3 is 5.97 Å². The molecular formula is C23H21ClF3NO6S. The number of rotatable bonds is 6. The van der Waals surface area contributed by atoms with Crippen molar-refractivity contribution in [3.63, 3.8) is 0 Å². The van der Waals surface area contributed by atoms with Crippen LogP contribution in [0.3, 0.4) is 0 Å². The molecule has 188 valence electrons. The summed E-state index contributed by atoms with van der Waals surface area (Å²) in [6.45, 7) is 0. The van der Waals surface area contributed by atoms with Crippen molar-refractivity contribution >= 4 is 39.0 Å². The van der Waals surface area contributed by atoms with Gasteiger partial charge in [-0.3, -0.25) is 9.59 Å². The first-order valence-corrected chi connectivity index (χ1v) is 12.7. The fourth-order valence-corrected chi connectivity index (χ4v) is 7.67. The summed E-state index contributed by atoms with van der Waals surface area (Å²) in [5.74, 6) is -7.78. The average Bonchev–Trinajstić information content (AvgIpc) is 2.93. The Labute approximate surface area is 203 Å². The van der Waals surface area contributed by atoms with E-state index in [1.807, 2.05) is 0 Å². The monoisotopic (exact) mass is 531 g/mol. The highest BCUT2D eigenvalue weighted by Gasteiger charge is 2.56. The summed E-state index contributed by atoms with van der Waals surface area (Å²) in [6.07, 6.45) is 0.631. The largest absolute Gasteiger partial charge is 0.481 e. The number of aliphatic hydroxyl groups is 1. The highest BCUT2D eigenvalue weighted by molar-refractivity contribution is 7.92. The third-order valence-corrected chi connectivity index (χ3v) is 9.64. The Kier molecular flexibility index (Phi) is 6.62. The molecule has 2 saturated carbocycles. The molecule has 4 rings (SSSR count). The van der Waals surface area contributed by atoms with Crippen molar-refractivity contribution < 1.29 is 41.4 Å². The van der Waals surface area contributed by atoms with E-state index in [-0.39, 0.29) is 34.0 Å². The summed E-state index contributed by atoms with van der Waals surface area (Å²) in [4.78, 5) is 23.5. The minimum atomic E-state index is -4.09. The predicted molar refractivity (Wildman–Crippen MR) is 119 cm³/mol. The fourth-order valence-electron chi connectivity index (χ4n) is 5.27. The van der Waals surface area contributed by atoms with E-state index in [1.165, 1.54) is 12.1 Å². The molecule has 2 atom stereocenters. The summed E-state index contributed by atoms with van der Waals surface area (Å²) >= 11 is 6.16. The van der Waals surface area contributed by atoms with E-state index in [0.717, 1.165) is 6.07 Å². The van der Waals surface area contributed by atoms with Crippen molar-refractivity contribution in [2.24, 2.45) is 11.8 Å². The third-order valence-electron chi connectivity index (χ3n) is 6.99. The molecule has 0 heterocycles. The van der Waals surface area contributed by atoms with Gasteiger partial charge in [0.2, 0.25) is 0 Å². The van der Waals surface area contributed by atoms with E-state index >= 15 is 0 Å². The summed E-state index contributed by atoms with van der Waals surface area (Å²) < 4.78 is 67.0. The molecule has 12 heteroatoms. The molecule has 2 fully saturated rings. The van der Waals surface area contributed by atoms with Gasteiger partial charge in [0.1, 0.15) is 0 Å². The van der Waals surface area contributed by atoms with Gasteiger partial charge in [-0.1, -0.05) is 11.6 Å². The van der Waals surface area contributed by atoms with Crippen LogP contribution >= 0.6 is 11.6 Å². The zero-order valence-electron chi connectivity index (χ0n) is 18.1. The number of hydrogen-bond donors (Lipinski definition) is 3. The number of amides is 1. The molecule has 3 N–H and O–H groups in total. The van der Waals surface area contributed by atoms with Crippen LogP contribution in [0.25, 0.3) is 0 Å². The Morgan fingerprint density at radius 1 is 1.06 bits per heavy atom. The lowest BCUT2D eigenvalue weighted by atomic mass is 9.72. The van der Waals surface area contributed by atoms with Crippen molar-refractivity contribution in [3.8, 4) is 0 Å². The quantitative estimate of drug-likeness (QED) is 0.481. The average molecular weight is 532 g/mol. The zero-order valence-corrected chi connectivity index (χ0v) is 19.7. The van der Waals surface area contributed by atoms with Crippen molar-refractivity contribution in [1.29, 1.82) is 0 Å². The Morgan fingerprint density at radius 2 is 1.63 bits per heavy atom. The van der Waals surface area contributed by atoms with Gasteiger partial charge in [-0.05, 0) is 55.7 Å². The van der Waals surface area contributed by atoms with Crippen LogP contribution in [0.4, 0.5) is 18.9 Å². The van der Waals surface area contributed by atoms with Crippen LogP contribution in [0.2, 0.25) is 5.02 Å². The molecule has 7 nitrogen and oxygen atoms in total.